The van der Waals surface area contributed by atoms with Crippen LogP contribution in [0.5, 0.6) is 0 Å². The van der Waals surface area contributed by atoms with Gasteiger partial charge in [-0.2, -0.15) is 11.8 Å². The standard InChI is InChI=1S/C13H15BrFNOS/c14-12-10(5-3-6-11(12)15)13(17)16-8-9-4-1-2-7-18-9/h3,5-6,9H,1-2,4,7-8H2,(H,16,17). The molecule has 2 nitrogen and oxygen atoms in total. The second-order valence-electron chi connectivity index (χ2n) is 4.30. The molecule has 0 aliphatic carbocycles. The second-order valence-corrected chi connectivity index (χ2v) is 6.50. The van der Waals surface area contributed by atoms with Crippen LogP contribution in [0.15, 0.2) is 22.7 Å². The number of hydrogen-bond donors (Lipinski definition) is 1. The predicted molar refractivity (Wildman–Crippen MR) is 76.5 cm³/mol. The molecule has 0 spiro atoms. The van der Waals surface area contributed by atoms with E-state index in [4.69, 9.17) is 0 Å². The summed E-state index contributed by atoms with van der Waals surface area (Å²) < 4.78 is 13.5. The SMILES string of the molecule is O=C(NCC1CCCCS1)c1cccc(F)c1Br. The summed E-state index contributed by atoms with van der Waals surface area (Å²) in [5.41, 5.74) is 0.357. The van der Waals surface area contributed by atoms with Crippen LogP contribution in [0.3, 0.4) is 0 Å². The van der Waals surface area contributed by atoms with Crippen LogP contribution < -0.4 is 5.32 Å². The number of carbonyl (C=O) groups is 1. The number of amides is 1. The molecule has 2 rings (SSSR count). The summed E-state index contributed by atoms with van der Waals surface area (Å²) in [4.78, 5) is 11.9. The molecule has 98 valence electrons. The van der Waals surface area contributed by atoms with Gasteiger partial charge in [0.05, 0.1) is 10.0 Å². The first kappa shape index (κ1) is 13.9. The molecule has 1 aromatic carbocycles. The highest BCUT2D eigenvalue weighted by molar-refractivity contribution is 9.10. The Labute approximate surface area is 119 Å². The summed E-state index contributed by atoms with van der Waals surface area (Å²) >= 11 is 5.01. The fourth-order valence-electron chi connectivity index (χ4n) is 1.95. The van der Waals surface area contributed by atoms with Gasteiger partial charge in [-0.25, -0.2) is 4.39 Å². The van der Waals surface area contributed by atoms with Crippen molar-refractivity contribution in [3.8, 4) is 0 Å². The predicted octanol–water partition coefficient (Wildman–Crippen LogP) is 3.60. The summed E-state index contributed by atoms with van der Waals surface area (Å²) in [6.45, 7) is 0.659. The third-order valence-corrected chi connectivity index (χ3v) is 5.16. The van der Waals surface area contributed by atoms with E-state index in [0.29, 0.717) is 17.4 Å². The molecule has 5 heteroatoms. The molecule has 0 bridgehead atoms. The van der Waals surface area contributed by atoms with E-state index in [1.165, 1.54) is 24.7 Å². The average molecular weight is 332 g/mol. The average Bonchev–Trinajstić information content (AvgIpc) is 2.40. The second kappa shape index (κ2) is 6.57. The first-order valence-electron chi connectivity index (χ1n) is 6.02. The molecule has 1 unspecified atom stereocenters. The van der Waals surface area contributed by atoms with Gasteiger partial charge >= 0.3 is 0 Å². The summed E-state index contributed by atoms with van der Waals surface area (Å²) in [6.07, 6.45) is 3.65. The smallest absolute Gasteiger partial charge is 0.252 e. The molecule has 18 heavy (non-hydrogen) atoms. The zero-order chi connectivity index (χ0) is 13.0. The molecule has 1 heterocycles. The van der Waals surface area contributed by atoms with Crippen molar-refractivity contribution < 1.29 is 9.18 Å². The molecule has 0 aromatic heterocycles. The maximum absolute atomic E-state index is 13.3. The number of carbonyl (C=O) groups excluding carboxylic acids is 1. The molecule has 1 saturated heterocycles. The number of halogens is 2. The summed E-state index contributed by atoms with van der Waals surface area (Å²) in [5, 5.41) is 3.38. The van der Waals surface area contributed by atoms with Crippen molar-refractivity contribution >= 4 is 33.6 Å². The van der Waals surface area contributed by atoms with Gasteiger partial charge in [-0.05, 0) is 46.7 Å². The molecule has 0 radical (unpaired) electrons. The third kappa shape index (κ3) is 3.48. The Kier molecular flexibility index (Phi) is 5.06. The molecule has 1 atom stereocenters. The molecule has 1 aliphatic rings. The highest BCUT2D eigenvalue weighted by Crippen LogP contribution is 2.25. The van der Waals surface area contributed by atoms with Crippen LogP contribution >= 0.6 is 27.7 Å². The van der Waals surface area contributed by atoms with Gasteiger partial charge in [-0.3, -0.25) is 4.79 Å². The van der Waals surface area contributed by atoms with Crippen LogP contribution in [0, 0.1) is 5.82 Å². The van der Waals surface area contributed by atoms with Gasteiger partial charge in [-0.1, -0.05) is 12.5 Å². The number of nitrogens with one attached hydrogen (secondary N) is 1. The molecular weight excluding hydrogens is 317 g/mol. The minimum Gasteiger partial charge on any atom is -0.351 e. The highest BCUT2D eigenvalue weighted by Gasteiger charge is 2.17. The van der Waals surface area contributed by atoms with Gasteiger partial charge in [-0.15, -0.1) is 0 Å². The lowest BCUT2D eigenvalue weighted by Crippen LogP contribution is -2.32. The number of thioether (sulfide) groups is 1. The van der Waals surface area contributed by atoms with E-state index in [-0.39, 0.29) is 10.4 Å². The van der Waals surface area contributed by atoms with E-state index in [2.05, 4.69) is 21.2 Å². The van der Waals surface area contributed by atoms with Crippen molar-refractivity contribution in [2.75, 3.05) is 12.3 Å². The van der Waals surface area contributed by atoms with Gasteiger partial charge in [0.1, 0.15) is 5.82 Å². The maximum Gasteiger partial charge on any atom is 0.252 e. The minimum atomic E-state index is -0.408. The fourth-order valence-corrected chi connectivity index (χ4v) is 3.63. The van der Waals surface area contributed by atoms with Crippen molar-refractivity contribution in [1.82, 2.24) is 5.32 Å². The van der Waals surface area contributed by atoms with Crippen molar-refractivity contribution in [2.45, 2.75) is 24.5 Å². The minimum absolute atomic E-state index is 0.215. The molecule has 1 fully saturated rings. The van der Waals surface area contributed by atoms with Crippen molar-refractivity contribution in [2.24, 2.45) is 0 Å². The number of benzene rings is 1. The van der Waals surface area contributed by atoms with Gasteiger partial charge < -0.3 is 5.32 Å². The first-order chi connectivity index (χ1) is 8.68. The van der Waals surface area contributed by atoms with Crippen LogP contribution in [0.1, 0.15) is 29.6 Å². The maximum atomic E-state index is 13.3. The van der Waals surface area contributed by atoms with Gasteiger partial charge in [0.15, 0.2) is 0 Å². The largest absolute Gasteiger partial charge is 0.351 e. The zero-order valence-electron chi connectivity index (χ0n) is 9.92. The number of rotatable bonds is 3. The molecule has 1 amide bonds. The highest BCUT2D eigenvalue weighted by atomic mass is 79.9. The van der Waals surface area contributed by atoms with Crippen molar-refractivity contribution in [3.63, 3.8) is 0 Å². The monoisotopic (exact) mass is 331 g/mol. The Bertz CT molecular complexity index is 435. The normalized spacial score (nSPS) is 19.6. The Balaban J connectivity index is 1.93. The van der Waals surface area contributed by atoms with Crippen LogP contribution in [0.4, 0.5) is 4.39 Å². The van der Waals surface area contributed by atoms with Gasteiger partial charge in [0, 0.05) is 11.8 Å². The van der Waals surface area contributed by atoms with Gasteiger partial charge in [0.25, 0.3) is 5.91 Å². The lowest BCUT2D eigenvalue weighted by molar-refractivity contribution is 0.0952. The molecular formula is C13H15BrFNOS. The molecule has 1 aliphatic heterocycles. The van der Waals surface area contributed by atoms with Crippen LogP contribution in [0.25, 0.3) is 0 Å². The van der Waals surface area contributed by atoms with E-state index >= 15 is 0 Å². The Morgan fingerprint density at radius 1 is 1.50 bits per heavy atom. The topological polar surface area (TPSA) is 29.1 Å². The van der Waals surface area contributed by atoms with E-state index in [1.807, 2.05) is 11.8 Å². The lowest BCUT2D eigenvalue weighted by atomic mass is 10.1. The zero-order valence-corrected chi connectivity index (χ0v) is 12.3. The first-order valence-corrected chi connectivity index (χ1v) is 7.86. The molecule has 0 saturated carbocycles. The van der Waals surface area contributed by atoms with Gasteiger partial charge in [0.2, 0.25) is 0 Å². The Morgan fingerprint density at radius 3 is 3.06 bits per heavy atom. The van der Waals surface area contributed by atoms with E-state index < -0.39 is 5.82 Å². The summed E-state index contributed by atoms with van der Waals surface area (Å²) in [6, 6.07) is 4.50. The van der Waals surface area contributed by atoms with Crippen LogP contribution in [-0.4, -0.2) is 23.5 Å². The van der Waals surface area contributed by atoms with Crippen molar-refractivity contribution in [3.05, 3.63) is 34.1 Å². The lowest BCUT2D eigenvalue weighted by Gasteiger charge is -2.21. The van der Waals surface area contributed by atoms with Crippen LogP contribution in [0.2, 0.25) is 0 Å². The summed E-state index contributed by atoms with van der Waals surface area (Å²) in [5.74, 6) is 0.548. The van der Waals surface area contributed by atoms with E-state index in [9.17, 15) is 9.18 Å². The van der Waals surface area contributed by atoms with Crippen molar-refractivity contribution in [1.29, 1.82) is 0 Å². The third-order valence-electron chi connectivity index (χ3n) is 2.96. The fraction of sp³-hybridized carbons (Fsp3) is 0.462. The quantitative estimate of drug-likeness (QED) is 0.916. The van der Waals surface area contributed by atoms with E-state index in [0.717, 1.165) is 6.42 Å². The molecule has 1 aromatic rings. The Morgan fingerprint density at radius 2 is 2.33 bits per heavy atom. The van der Waals surface area contributed by atoms with E-state index in [1.54, 1.807) is 12.1 Å². The molecule has 1 N–H and O–H groups in total. The number of hydrogen-bond acceptors (Lipinski definition) is 2. The Hall–Kier alpha value is -0.550. The summed E-state index contributed by atoms with van der Waals surface area (Å²) in [7, 11) is 0. The van der Waals surface area contributed by atoms with Crippen LogP contribution in [-0.2, 0) is 0 Å².